The van der Waals surface area contributed by atoms with Gasteiger partial charge < -0.3 is 10.5 Å². The van der Waals surface area contributed by atoms with E-state index >= 15 is 0 Å². The number of ether oxygens (including phenoxy) is 1. The summed E-state index contributed by atoms with van der Waals surface area (Å²) in [6.07, 6.45) is 2.97. The van der Waals surface area contributed by atoms with Crippen LogP contribution in [-0.4, -0.2) is 21.4 Å². The molecular weight excluding hydrogens is 180 g/mol. The van der Waals surface area contributed by atoms with Crippen LogP contribution in [0.3, 0.4) is 0 Å². The number of nitrogens with two attached hydrogens (primary N) is 1. The lowest BCUT2D eigenvalue weighted by Gasteiger charge is -2.11. The Balaban J connectivity index is 2.15. The number of hydrogen-bond donors (Lipinski definition) is 1. The molecule has 0 spiro atoms. The number of aromatic nitrogens is 3. The van der Waals surface area contributed by atoms with Crippen LogP contribution < -0.4 is 10.5 Å². The fourth-order valence-corrected chi connectivity index (χ4v) is 1.57. The molecule has 1 aliphatic heterocycles. The van der Waals surface area contributed by atoms with Crippen LogP contribution in [-0.2, 0) is 6.54 Å². The molecule has 5 nitrogen and oxygen atoms in total. The van der Waals surface area contributed by atoms with Crippen LogP contribution in [0.1, 0.15) is 38.1 Å². The van der Waals surface area contributed by atoms with Gasteiger partial charge in [-0.05, 0) is 6.42 Å². The number of hydrogen-bond acceptors (Lipinski definition) is 4. The molecule has 1 atom stereocenters. The normalized spacial score (nSPS) is 17.3. The molecule has 0 radical (unpaired) electrons. The standard InChI is InChI=1S/C9H16N4O/c1-2-4-7(10)8-11-9-13(12-8)5-3-6-14-9/h7H,2-6,10H2,1H3. The Hall–Kier alpha value is -1.10. The van der Waals surface area contributed by atoms with Gasteiger partial charge in [0.05, 0.1) is 12.6 Å². The van der Waals surface area contributed by atoms with E-state index in [1.54, 1.807) is 4.68 Å². The molecule has 0 amide bonds. The summed E-state index contributed by atoms with van der Waals surface area (Å²) in [4.78, 5) is 4.27. The van der Waals surface area contributed by atoms with Crippen molar-refractivity contribution in [1.29, 1.82) is 0 Å². The Labute approximate surface area is 83.3 Å². The first kappa shape index (κ1) is 9.45. The molecule has 5 heteroatoms. The van der Waals surface area contributed by atoms with Gasteiger partial charge in [0.15, 0.2) is 5.82 Å². The molecule has 1 aliphatic rings. The molecule has 1 unspecified atom stereocenters. The average molecular weight is 196 g/mol. The SMILES string of the molecule is CCCC(N)c1nc2n(n1)CCCO2. The van der Waals surface area contributed by atoms with Gasteiger partial charge in [-0.25, -0.2) is 4.68 Å². The van der Waals surface area contributed by atoms with Crippen molar-refractivity contribution in [2.24, 2.45) is 5.73 Å². The van der Waals surface area contributed by atoms with Crippen LogP contribution in [0.2, 0.25) is 0 Å². The number of aryl methyl sites for hydroxylation is 1. The van der Waals surface area contributed by atoms with E-state index in [0.717, 1.165) is 32.4 Å². The summed E-state index contributed by atoms with van der Waals surface area (Å²) in [7, 11) is 0. The van der Waals surface area contributed by atoms with E-state index in [1.165, 1.54) is 0 Å². The fraction of sp³-hybridized carbons (Fsp3) is 0.778. The molecule has 2 heterocycles. The Morgan fingerprint density at radius 3 is 3.21 bits per heavy atom. The van der Waals surface area contributed by atoms with Gasteiger partial charge in [0.25, 0.3) is 0 Å². The first-order valence-corrected chi connectivity index (χ1v) is 5.14. The van der Waals surface area contributed by atoms with E-state index < -0.39 is 0 Å². The third kappa shape index (κ3) is 1.72. The Kier molecular flexibility index (Phi) is 2.67. The van der Waals surface area contributed by atoms with Crippen LogP contribution in [0.4, 0.5) is 0 Å². The summed E-state index contributed by atoms with van der Waals surface area (Å²) in [6.45, 7) is 3.73. The van der Waals surface area contributed by atoms with Gasteiger partial charge in [0.1, 0.15) is 0 Å². The fourth-order valence-electron chi connectivity index (χ4n) is 1.57. The maximum Gasteiger partial charge on any atom is 0.315 e. The minimum atomic E-state index is -0.0540. The van der Waals surface area contributed by atoms with E-state index in [0.29, 0.717) is 11.8 Å². The molecule has 1 aromatic rings. The Bertz CT molecular complexity index is 286. The largest absolute Gasteiger partial charge is 0.464 e. The van der Waals surface area contributed by atoms with Crippen molar-refractivity contribution >= 4 is 0 Å². The van der Waals surface area contributed by atoms with E-state index in [1.807, 2.05) is 0 Å². The van der Waals surface area contributed by atoms with Crippen LogP contribution in [0.15, 0.2) is 0 Å². The smallest absolute Gasteiger partial charge is 0.315 e. The number of fused-ring (bicyclic) bond motifs is 1. The van der Waals surface area contributed by atoms with Crippen LogP contribution in [0.5, 0.6) is 6.01 Å². The molecule has 2 N–H and O–H groups in total. The molecule has 0 saturated carbocycles. The Morgan fingerprint density at radius 1 is 1.64 bits per heavy atom. The van der Waals surface area contributed by atoms with Crippen LogP contribution in [0.25, 0.3) is 0 Å². The van der Waals surface area contributed by atoms with E-state index in [9.17, 15) is 0 Å². The van der Waals surface area contributed by atoms with Gasteiger partial charge in [0, 0.05) is 13.0 Å². The van der Waals surface area contributed by atoms with Crippen molar-refractivity contribution in [2.75, 3.05) is 6.61 Å². The van der Waals surface area contributed by atoms with Crippen molar-refractivity contribution in [3.8, 4) is 6.01 Å². The minimum Gasteiger partial charge on any atom is -0.464 e. The summed E-state index contributed by atoms with van der Waals surface area (Å²) < 4.78 is 7.17. The highest BCUT2D eigenvalue weighted by Crippen LogP contribution is 2.18. The van der Waals surface area contributed by atoms with E-state index in [2.05, 4.69) is 17.0 Å². The van der Waals surface area contributed by atoms with Gasteiger partial charge in [-0.15, -0.1) is 0 Å². The van der Waals surface area contributed by atoms with Gasteiger partial charge in [-0.1, -0.05) is 13.3 Å². The van der Waals surface area contributed by atoms with E-state index in [-0.39, 0.29) is 6.04 Å². The van der Waals surface area contributed by atoms with Crippen LogP contribution in [0, 0.1) is 0 Å². The highest BCUT2D eigenvalue weighted by Gasteiger charge is 2.18. The number of nitrogens with zero attached hydrogens (tertiary/aromatic N) is 3. The summed E-state index contributed by atoms with van der Waals surface area (Å²) in [6, 6.07) is 0.569. The molecule has 0 aromatic carbocycles. The Morgan fingerprint density at radius 2 is 2.50 bits per heavy atom. The summed E-state index contributed by atoms with van der Waals surface area (Å²) in [5, 5.41) is 4.32. The molecule has 78 valence electrons. The summed E-state index contributed by atoms with van der Waals surface area (Å²) in [5.41, 5.74) is 5.92. The molecule has 0 fully saturated rings. The molecule has 2 rings (SSSR count). The summed E-state index contributed by atoms with van der Waals surface area (Å²) >= 11 is 0. The lowest BCUT2D eigenvalue weighted by atomic mass is 10.2. The average Bonchev–Trinajstić information content (AvgIpc) is 2.61. The molecule has 1 aromatic heterocycles. The topological polar surface area (TPSA) is 66.0 Å². The van der Waals surface area contributed by atoms with Crippen molar-refractivity contribution in [3.05, 3.63) is 5.82 Å². The monoisotopic (exact) mass is 196 g/mol. The second kappa shape index (κ2) is 3.96. The quantitative estimate of drug-likeness (QED) is 0.778. The summed E-state index contributed by atoms with van der Waals surface area (Å²) in [5.74, 6) is 0.712. The van der Waals surface area contributed by atoms with Crippen molar-refractivity contribution in [3.63, 3.8) is 0 Å². The second-order valence-electron chi connectivity index (χ2n) is 3.57. The molecule has 0 aliphatic carbocycles. The maximum absolute atomic E-state index is 5.92. The van der Waals surface area contributed by atoms with Gasteiger partial charge in [0.2, 0.25) is 0 Å². The zero-order valence-corrected chi connectivity index (χ0v) is 8.44. The molecular formula is C9H16N4O. The van der Waals surface area contributed by atoms with E-state index in [4.69, 9.17) is 10.5 Å². The van der Waals surface area contributed by atoms with Gasteiger partial charge in [-0.2, -0.15) is 10.1 Å². The first-order valence-electron chi connectivity index (χ1n) is 5.14. The first-order chi connectivity index (χ1) is 6.81. The van der Waals surface area contributed by atoms with Crippen molar-refractivity contribution in [2.45, 2.75) is 38.8 Å². The van der Waals surface area contributed by atoms with Gasteiger partial charge >= 0.3 is 6.01 Å². The zero-order valence-electron chi connectivity index (χ0n) is 8.44. The third-order valence-corrected chi connectivity index (χ3v) is 2.33. The lowest BCUT2D eigenvalue weighted by Crippen LogP contribution is -2.15. The number of rotatable bonds is 3. The molecule has 14 heavy (non-hydrogen) atoms. The van der Waals surface area contributed by atoms with Crippen LogP contribution >= 0.6 is 0 Å². The molecule has 0 bridgehead atoms. The van der Waals surface area contributed by atoms with Crippen molar-refractivity contribution in [1.82, 2.24) is 14.8 Å². The predicted octanol–water partition coefficient (Wildman–Crippen LogP) is 0.860. The minimum absolute atomic E-state index is 0.0540. The second-order valence-corrected chi connectivity index (χ2v) is 3.57. The highest BCUT2D eigenvalue weighted by atomic mass is 16.5. The zero-order chi connectivity index (χ0) is 9.97. The predicted molar refractivity (Wildman–Crippen MR) is 52.0 cm³/mol. The lowest BCUT2D eigenvalue weighted by molar-refractivity contribution is 0.221. The maximum atomic E-state index is 5.92. The third-order valence-electron chi connectivity index (χ3n) is 2.33. The highest BCUT2D eigenvalue weighted by molar-refractivity contribution is 5.03. The van der Waals surface area contributed by atoms with Gasteiger partial charge in [-0.3, -0.25) is 0 Å². The van der Waals surface area contributed by atoms with Crippen molar-refractivity contribution < 1.29 is 4.74 Å². The molecule has 0 saturated heterocycles.